The topological polar surface area (TPSA) is 96.0 Å². The van der Waals surface area contributed by atoms with E-state index >= 15 is 0 Å². The smallest absolute Gasteiger partial charge is 0.264 e. The number of carbonyl (C=O) groups is 2. The molecule has 4 aromatic carbocycles. The number of methoxy groups -OCH3 is 1. The third-order valence-corrected chi connectivity index (χ3v) is 8.87. The number of para-hydroxylation sites is 1. The zero-order valence-electron chi connectivity index (χ0n) is 24.0. The van der Waals surface area contributed by atoms with E-state index in [1.807, 2.05) is 43.3 Å². The van der Waals surface area contributed by atoms with E-state index in [-0.39, 0.29) is 23.8 Å². The van der Waals surface area contributed by atoms with Gasteiger partial charge in [-0.2, -0.15) is 0 Å². The molecule has 4 rings (SSSR count). The molecule has 1 N–H and O–H groups in total. The molecule has 4 aromatic rings. The van der Waals surface area contributed by atoms with Gasteiger partial charge in [0, 0.05) is 24.5 Å². The van der Waals surface area contributed by atoms with Gasteiger partial charge in [0.15, 0.2) is 0 Å². The van der Waals surface area contributed by atoms with Gasteiger partial charge in [0.1, 0.15) is 18.3 Å². The van der Waals surface area contributed by atoms with Gasteiger partial charge in [-0.15, -0.1) is 0 Å². The molecule has 0 radical (unpaired) electrons. The van der Waals surface area contributed by atoms with Gasteiger partial charge < -0.3 is 15.0 Å². The van der Waals surface area contributed by atoms with Crippen LogP contribution in [-0.2, 0) is 32.6 Å². The number of benzene rings is 4. The van der Waals surface area contributed by atoms with Crippen LogP contribution in [0.2, 0.25) is 5.02 Å². The van der Waals surface area contributed by atoms with Crippen LogP contribution in [0.1, 0.15) is 18.1 Å². The third-order valence-electron chi connectivity index (χ3n) is 6.83. The first-order chi connectivity index (χ1) is 20.7. The maximum Gasteiger partial charge on any atom is 0.264 e. The lowest BCUT2D eigenvalue weighted by atomic mass is 10.0. The van der Waals surface area contributed by atoms with Crippen molar-refractivity contribution in [1.29, 1.82) is 0 Å². The zero-order chi connectivity index (χ0) is 30.8. The van der Waals surface area contributed by atoms with Crippen molar-refractivity contribution in [3.05, 3.63) is 125 Å². The van der Waals surface area contributed by atoms with Crippen molar-refractivity contribution >= 4 is 39.1 Å². The average Bonchev–Trinajstić information content (AvgIpc) is 3.02. The van der Waals surface area contributed by atoms with Crippen LogP contribution in [0.15, 0.2) is 114 Å². The Bertz CT molecular complexity index is 1620. The summed E-state index contributed by atoms with van der Waals surface area (Å²) in [5, 5.41) is 3.24. The number of anilines is 1. The fraction of sp³-hybridized carbons (Fsp3) is 0.212. The van der Waals surface area contributed by atoms with Crippen molar-refractivity contribution in [2.75, 3.05) is 24.5 Å². The summed E-state index contributed by atoms with van der Waals surface area (Å²) in [6, 6.07) is 29.9. The second-order valence-electron chi connectivity index (χ2n) is 9.77. The van der Waals surface area contributed by atoms with E-state index in [0.29, 0.717) is 23.0 Å². The first-order valence-corrected chi connectivity index (χ1v) is 15.6. The predicted octanol–water partition coefficient (Wildman–Crippen LogP) is 5.32. The number of nitrogens with one attached hydrogen (secondary N) is 1. The fourth-order valence-corrected chi connectivity index (χ4v) is 6.21. The fourth-order valence-electron chi connectivity index (χ4n) is 4.67. The van der Waals surface area contributed by atoms with Gasteiger partial charge in [-0.25, -0.2) is 8.42 Å². The minimum absolute atomic E-state index is 0.0162. The minimum atomic E-state index is -4.19. The summed E-state index contributed by atoms with van der Waals surface area (Å²) in [5.74, 6) is -0.287. The van der Waals surface area contributed by atoms with Crippen LogP contribution in [-0.4, -0.2) is 51.4 Å². The molecule has 1 atom stereocenters. The first-order valence-electron chi connectivity index (χ1n) is 13.8. The molecule has 0 bridgehead atoms. The summed E-state index contributed by atoms with van der Waals surface area (Å²) in [6.07, 6.45) is 0.234. The molecule has 0 unspecified atom stereocenters. The summed E-state index contributed by atoms with van der Waals surface area (Å²) in [7, 11) is -2.64. The van der Waals surface area contributed by atoms with Gasteiger partial charge in [-0.1, -0.05) is 72.3 Å². The number of halogens is 1. The average molecular weight is 620 g/mol. The quantitative estimate of drug-likeness (QED) is 0.219. The summed E-state index contributed by atoms with van der Waals surface area (Å²) < 4.78 is 34.4. The van der Waals surface area contributed by atoms with Gasteiger partial charge in [-0.3, -0.25) is 13.9 Å². The second-order valence-corrected chi connectivity index (χ2v) is 12.1. The van der Waals surface area contributed by atoms with Crippen molar-refractivity contribution in [2.24, 2.45) is 0 Å². The van der Waals surface area contributed by atoms with Gasteiger partial charge in [0.05, 0.1) is 17.7 Å². The van der Waals surface area contributed by atoms with E-state index in [2.05, 4.69) is 5.32 Å². The Morgan fingerprint density at radius 1 is 0.860 bits per heavy atom. The highest BCUT2D eigenvalue weighted by Crippen LogP contribution is 2.26. The van der Waals surface area contributed by atoms with Crippen LogP contribution in [0.3, 0.4) is 0 Å². The van der Waals surface area contributed by atoms with E-state index in [0.717, 1.165) is 15.4 Å². The molecule has 224 valence electrons. The van der Waals surface area contributed by atoms with E-state index in [1.54, 1.807) is 55.6 Å². The maximum absolute atomic E-state index is 14.3. The van der Waals surface area contributed by atoms with Gasteiger partial charge >= 0.3 is 0 Å². The van der Waals surface area contributed by atoms with Gasteiger partial charge in [0.25, 0.3) is 10.0 Å². The maximum atomic E-state index is 14.3. The molecule has 0 aliphatic heterocycles. The Kier molecular flexibility index (Phi) is 10.8. The molecule has 8 nitrogen and oxygen atoms in total. The highest BCUT2D eigenvalue weighted by atomic mass is 35.5. The number of likely N-dealkylation sites (N-methyl/N-ethyl adjacent to an activating group) is 1. The van der Waals surface area contributed by atoms with E-state index in [1.165, 1.54) is 29.2 Å². The summed E-state index contributed by atoms with van der Waals surface area (Å²) >= 11 is 6.02. The predicted molar refractivity (Wildman–Crippen MR) is 169 cm³/mol. The Morgan fingerprint density at radius 3 is 2.12 bits per heavy atom. The molecule has 0 aromatic heterocycles. The monoisotopic (exact) mass is 619 g/mol. The van der Waals surface area contributed by atoms with E-state index in [9.17, 15) is 18.0 Å². The van der Waals surface area contributed by atoms with Crippen molar-refractivity contribution < 1.29 is 22.7 Å². The second kappa shape index (κ2) is 14.7. The van der Waals surface area contributed by atoms with Crippen LogP contribution < -0.4 is 14.4 Å². The number of sulfonamides is 1. The molecule has 0 heterocycles. The largest absolute Gasteiger partial charge is 0.497 e. The Balaban J connectivity index is 1.78. The van der Waals surface area contributed by atoms with Crippen molar-refractivity contribution in [3.63, 3.8) is 0 Å². The highest BCUT2D eigenvalue weighted by Gasteiger charge is 2.34. The lowest BCUT2D eigenvalue weighted by Crippen LogP contribution is -2.53. The van der Waals surface area contributed by atoms with Crippen LogP contribution in [0.5, 0.6) is 5.75 Å². The number of hydrogen-bond acceptors (Lipinski definition) is 5. The third kappa shape index (κ3) is 8.15. The lowest BCUT2D eigenvalue weighted by molar-refractivity contribution is -0.140. The molecule has 0 saturated carbocycles. The molecule has 0 spiro atoms. The molecule has 2 amide bonds. The Morgan fingerprint density at radius 2 is 1.49 bits per heavy atom. The number of ether oxygens (including phenoxy) is 1. The number of amides is 2. The molecule has 43 heavy (non-hydrogen) atoms. The SMILES string of the molecule is CCNC(=O)[C@@H](Cc1ccccc1)N(Cc1cccc(OC)c1)C(=O)CN(c1ccccc1)S(=O)(=O)c1ccc(Cl)cc1. The molecular formula is C33H34ClN3O5S. The van der Waals surface area contributed by atoms with Gasteiger partial charge in [-0.05, 0) is 66.6 Å². The van der Waals surface area contributed by atoms with Crippen molar-refractivity contribution in [2.45, 2.75) is 30.8 Å². The minimum Gasteiger partial charge on any atom is -0.497 e. The van der Waals surface area contributed by atoms with Crippen LogP contribution in [0.25, 0.3) is 0 Å². The van der Waals surface area contributed by atoms with Gasteiger partial charge in [0.2, 0.25) is 11.8 Å². The van der Waals surface area contributed by atoms with Crippen LogP contribution in [0, 0.1) is 0 Å². The number of rotatable bonds is 13. The van der Waals surface area contributed by atoms with Crippen molar-refractivity contribution in [1.82, 2.24) is 10.2 Å². The number of carbonyl (C=O) groups excluding carboxylic acids is 2. The summed E-state index contributed by atoms with van der Waals surface area (Å²) in [4.78, 5) is 29.3. The molecular weight excluding hydrogens is 586 g/mol. The Hall–Kier alpha value is -4.34. The number of hydrogen-bond donors (Lipinski definition) is 1. The first kappa shape index (κ1) is 31.6. The van der Waals surface area contributed by atoms with Crippen LogP contribution >= 0.6 is 11.6 Å². The lowest BCUT2D eigenvalue weighted by Gasteiger charge is -2.34. The van der Waals surface area contributed by atoms with Crippen LogP contribution in [0.4, 0.5) is 5.69 Å². The highest BCUT2D eigenvalue weighted by molar-refractivity contribution is 7.92. The standard InChI is InChI=1S/C33H34ClN3O5S/c1-3-35-33(39)31(22-25-11-6-4-7-12-25)36(23-26-13-10-16-29(21-26)42-2)32(38)24-37(28-14-8-5-9-15-28)43(40,41)30-19-17-27(34)18-20-30/h4-21,31H,3,22-24H2,1-2H3,(H,35,39)/t31-/m1/s1. The van der Waals surface area contributed by atoms with Crippen molar-refractivity contribution in [3.8, 4) is 5.75 Å². The molecule has 0 aliphatic rings. The summed E-state index contributed by atoms with van der Waals surface area (Å²) in [5.41, 5.74) is 1.89. The molecule has 0 saturated heterocycles. The Labute approximate surface area is 257 Å². The zero-order valence-corrected chi connectivity index (χ0v) is 25.6. The number of nitrogens with zero attached hydrogens (tertiary/aromatic N) is 2. The normalized spacial score (nSPS) is 11.8. The molecule has 10 heteroatoms. The van der Waals surface area contributed by atoms with E-state index in [4.69, 9.17) is 16.3 Å². The molecule has 0 aliphatic carbocycles. The summed E-state index contributed by atoms with van der Waals surface area (Å²) in [6.45, 7) is 1.69. The van der Waals surface area contributed by atoms with E-state index < -0.39 is 28.5 Å². The molecule has 0 fully saturated rings.